The largest absolute Gasteiger partial charge is 0.407 e. The molecule has 1 atom stereocenters. The Morgan fingerprint density at radius 3 is 2.89 bits per heavy atom. The maximum Gasteiger partial charge on any atom is 0.315 e. The van der Waals surface area contributed by atoms with Crippen LogP contribution in [0.15, 0.2) is 22.6 Å². The average molecular weight is 370 g/mol. The predicted molar refractivity (Wildman–Crippen MR) is 92.0 cm³/mol. The highest BCUT2D eigenvalue weighted by molar-refractivity contribution is 6.05. The van der Waals surface area contributed by atoms with Gasteiger partial charge >= 0.3 is 6.01 Å². The summed E-state index contributed by atoms with van der Waals surface area (Å²) in [5.74, 6) is -0.561. The van der Waals surface area contributed by atoms with Gasteiger partial charge in [0.05, 0.1) is 6.54 Å². The van der Waals surface area contributed by atoms with E-state index in [4.69, 9.17) is 10.2 Å². The molecule has 3 heterocycles. The van der Waals surface area contributed by atoms with Crippen LogP contribution in [0.4, 0.5) is 6.01 Å². The van der Waals surface area contributed by atoms with Crippen molar-refractivity contribution in [3.8, 4) is 0 Å². The number of hydrogen-bond donors (Lipinski definition) is 3. The number of aromatic nitrogens is 2. The van der Waals surface area contributed by atoms with Crippen LogP contribution in [0.25, 0.3) is 0 Å². The topological polar surface area (TPSA) is 143 Å². The number of piperidine rings is 1. The van der Waals surface area contributed by atoms with Gasteiger partial charge in [0, 0.05) is 25.1 Å². The second kappa shape index (κ2) is 6.80. The third-order valence-corrected chi connectivity index (χ3v) is 4.67. The molecule has 27 heavy (non-hydrogen) atoms. The zero-order valence-electron chi connectivity index (χ0n) is 14.4. The number of rotatable bonds is 5. The molecule has 2 aromatic rings. The van der Waals surface area contributed by atoms with Crippen molar-refractivity contribution >= 4 is 23.7 Å². The number of fused-ring (bicyclic) bond motifs is 1. The SMILES string of the molecule is NCc1nnc(NCc2ccc3c(c2)CN(C2CCC(=O)NC2=O)C3=O)o1. The van der Waals surface area contributed by atoms with Gasteiger partial charge < -0.3 is 20.4 Å². The number of hydrogen-bond acceptors (Lipinski definition) is 8. The minimum absolute atomic E-state index is 0.172. The van der Waals surface area contributed by atoms with E-state index in [1.54, 1.807) is 6.07 Å². The molecule has 2 aliphatic rings. The van der Waals surface area contributed by atoms with Gasteiger partial charge in [0.1, 0.15) is 6.04 Å². The Labute approximate surface area is 154 Å². The van der Waals surface area contributed by atoms with E-state index in [-0.39, 0.29) is 30.8 Å². The lowest BCUT2D eigenvalue weighted by Crippen LogP contribution is -2.52. The number of nitrogens with two attached hydrogens (primary N) is 1. The van der Waals surface area contributed by atoms with Crippen molar-refractivity contribution in [1.29, 1.82) is 0 Å². The van der Waals surface area contributed by atoms with Gasteiger partial charge in [-0.05, 0) is 23.6 Å². The van der Waals surface area contributed by atoms with Gasteiger partial charge in [-0.1, -0.05) is 17.2 Å². The second-order valence-corrected chi connectivity index (χ2v) is 6.45. The molecule has 0 saturated carbocycles. The fraction of sp³-hybridized carbons (Fsp3) is 0.353. The normalized spacial score (nSPS) is 19.2. The first kappa shape index (κ1) is 17.2. The van der Waals surface area contributed by atoms with E-state index < -0.39 is 11.9 Å². The van der Waals surface area contributed by atoms with Crippen LogP contribution in [-0.4, -0.2) is 38.9 Å². The summed E-state index contributed by atoms with van der Waals surface area (Å²) < 4.78 is 5.29. The van der Waals surface area contributed by atoms with Crippen LogP contribution in [0.5, 0.6) is 0 Å². The summed E-state index contributed by atoms with van der Waals surface area (Å²) in [6.07, 6.45) is 0.583. The summed E-state index contributed by atoms with van der Waals surface area (Å²) in [5, 5.41) is 12.9. The van der Waals surface area contributed by atoms with Gasteiger partial charge in [0.15, 0.2) is 0 Å². The van der Waals surface area contributed by atoms with Gasteiger partial charge in [0.2, 0.25) is 17.7 Å². The van der Waals surface area contributed by atoms with Crippen LogP contribution in [0.2, 0.25) is 0 Å². The van der Waals surface area contributed by atoms with Gasteiger partial charge in [-0.25, -0.2) is 0 Å². The van der Waals surface area contributed by atoms with Gasteiger partial charge in [-0.3, -0.25) is 19.7 Å². The number of nitrogens with zero attached hydrogens (tertiary/aromatic N) is 3. The molecule has 1 fully saturated rings. The van der Waals surface area contributed by atoms with Gasteiger partial charge in [-0.15, -0.1) is 5.10 Å². The van der Waals surface area contributed by atoms with E-state index in [1.165, 1.54) is 4.90 Å². The van der Waals surface area contributed by atoms with Crippen molar-refractivity contribution in [2.24, 2.45) is 5.73 Å². The highest BCUT2D eigenvalue weighted by Crippen LogP contribution is 2.28. The van der Waals surface area contributed by atoms with Crippen molar-refractivity contribution in [2.45, 2.75) is 38.5 Å². The maximum absolute atomic E-state index is 12.6. The van der Waals surface area contributed by atoms with E-state index in [9.17, 15) is 14.4 Å². The van der Waals surface area contributed by atoms with E-state index >= 15 is 0 Å². The summed E-state index contributed by atoms with van der Waals surface area (Å²) in [4.78, 5) is 37.6. The number of carbonyl (C=O) groups is 3. The maximum atomic E-state index is 12.6. The third-order valence-electron chi connectivity index (χ3n) is 4.67. The third kappa shape index (κ3) is 3.26. The fourth-order valence-corrected chi connectivity index (χ4v) is 3.32. The Bertz CT molecular complexity index is 924. The average Bonchev–Trinajstić information content (AvgIpc) is 3.24. The highest BCUT2D eigenvalue weighted by atomic mass is 16.4. The molecule has 2 aliphatic heterocycles. The molecule has 10 nitrogen and oxygen atoms in total. The predicted octanol–water partition coefficient (Wildman–Crippen LogP) is -0.0986. The van der Waals surface area contributed by atoms with Crippen LogP contribution >= 0.6 is 0 Å². The lowest BCUT2D eigenvalue weighted by atomic mass is 10.0. The van der Waals surface area contributed by atoms with E-state index in [1.807, 2.05) is 12.1 Å². The summed E-state index contributed by atoms with van der Waals surface area (Å²) in [6.45, 7) is 0.948. The first-order valence-corrected chi connectivity index (χ1v) is 8.58. The summed E-state index contributed by atoms with van der Waals surface area (Å²) >= 11 is 0. The molecule has 1 saturated heterocycles. The molecule has 0 radical (unpaired) electrons. The van der Waals surface area contributed by atoms with E-state index in [0.717, 1.165) is 11.1 Å². The molecule has 4 N–H and O–H groups in total. The Hall–Kier alpha value is -3.27. The standard InChI is InChI=1S/C17H18N6O4/c18-6-14-21-22-17(27-14)19-7-9-1-2-11-10(5-9)8-23(16(11)26)12-3-4-13(24)20-15(12)25/h1-2,5,12H,3-4,6-8,18H2,(H,19,22)(H,20,24,25). The second-order valence-electron chi connectivity index (χ2n) is 6.45. The Morgan fingerprint density at radius 1 is 1.30 bits per heavy atom. The van der Waals surface area contributed by atoms with Crippen molar-refractivity contribution in [3.63, 3.8) is 0 Å². The monoisotopic (exact) mass is 370 g/mol. The molecule has 140 valence electrons. The molecule has 0 aliphatic carbocycles. The molecule has 0 spiro atoms. The van der Waals surface area contributed by atoms with Gasteiger partial charge in [-0.2, -0.15) is 0 Å². The van der Waals surface area contributed by atoms with Crippen molar-refractivity contribution in [1.82, 2.24) is 20.4 Å². The lowest BCUT2D eigenvalue weighted by Gasteiger charge is -2.29. The lowest BCUT2D eigenvalue weighted by molar-refractivity contribution is -0.136. The van der Waals surface area contributed by atoms with Crippen molar-refractivity contribution in [3.05, 3.63) is 40.8 Å². The molecular formula is C17H18N6O4. The quantitative estimate of drug-likeness (QED) is 0.619. The number of amides is 3. The number of anilines is 1. The number of benzene rings is 1. The molecule has 1 aromatic heterocycles. The minimum Gasteiger partial charge on any atom is -0.407 e. The molecule has 4 rings (SSSR count). The number of carbonyl (C=O) groups excluding carboxylic acids is 3. The summed E-state index contributed by atoms with van der Waals surface area (Å²) in [6, 6.07) is 5.15. The zero-order chi connectivity index (χ0) is 19.0. The Kier molecular flexibility index (Phi) is 4.32. The molecule has 1 aromatic carbocycles. The fourth-order valence-electron chi connectivity index (χ4n) is 3.32. The molecule has 3 amide bonds. The first-order chi connectivity index (χ1) is 13.0. The summed E-state index contributed by atoms with van der Waals surface area (Å²) in [7, 11) is 0. The molecule has 0 bridgehead atoms. The smallest absolute Gasteiger partial charge is 0.315 e. The van der Waals surface area contributed by atoms with Crippen molar-refractivity contribution < 1.29 is 18.8 Å². The highest BCUT2D eigenvalue weighted by Gasteiger charge is 2.38. The van der Waals surface area contributed by atoms with Crippen LogP contribution in [-0.2, 0) is 29.2 Å². The van der Waals surface area contributed by atoms with Crippen LogP contribution in [0, 0.1) is 0 Å². The van der Waals surface area contributed by atoms with Crippen LogP contribution in [0.3, 0.4) is 0 Å². The van der Waals surface area contributed by atoms with E-state index in [2.05, 4.69) is 20.8 Å². The number of imide groups is 1. The Morgan fingerprint density at radius 2 is 2.15 bits per heavy atom. The Balaban J connectivity index is 1.45. The molecule has 1 unspecified atom stereocenters. The zero-order valence-corrected chi connectivity index (χ0v) is 14.4. The molecular weight excluding hydrogens is 352 g/mol. The van der Waals surface area contributed by atoms with E-state index in [0.29, 0.717) is 31.0 Å². The van der Waals surface area contributed by atoms with Crippen LogP contribution < -0.4 is 16.4 Å². The number of nitrogens with one attached hydrogen (secondary N) is 2. The minimum atomic E-state index is -0.614. The molecule has 10 heteroatoms. The summed E-state index contributed by atoms with van der Waals surface area (Å²) in [5.41, 5.74) is 7.78. The van der Waals surface area contributed by atoms with Crippen molar-refractivity contribution in [2.75, 3.05) is 5.32 Å². The van der Waals surface area contributed by atoms with Gasteiger partial charge in [0.25, 0.3) is 5.91 Å². The first-order valence-electron chi connectivity index (χ1n) is 8.58. The van der Waals surface area contributed by atoms with Crippen LogP contribution in [0.1, 0.15) is 40.2 Å².